The summed E-state index contributed by atoms with van der Waals surface area (Å²) in [5, 5.41) is 3.32. The van der Waals surface area contributed by atoms with Crippen molar-refractivity contribution in [2.75, 3.05) is 18.0 Å². The zero-order chi connectivity index (χ0) is 15.5. The van der Waals surface area contributed by atoms with Crippen molar-refractivity contribution in [3.63, 3.8) is 0 Å². The Kier molecular flexibility index (Phi) is 4.88. The number of nitrogens with one attached hydrogen (secondary N) is 1. The van der Waals surface area contributed by atoms with Crippen LogP contribution in [0.15, 0.2) is 30.1 Å². The Hall–Kier alpha value is -1.56. The van der Waals surface area contributed by atoms with Crippen molar-refractivity contribution in [3.8, 4) is 0 Å². The Morgan fingerprint density at radius 2 is 2.14 bits per heavy atom. The van der Waals surface area contributed by atoms with Crippen molar-refractivity contribution < 1.29 is 13.2 Å². The summed E-state index contributed by atoms with van der Waals surface area (Å²) in [5.74, 6) is 0. The summed E-state index contributed by atoms with van der Waals surface area (Å²) in [4.78, 5) is 6.05. The van der Waals surface area contributed by atoms with Gasteiger partial charge in [0.15, 0.2) is 0 Å². The average molecular weight is 299 g/mol. The van der Waals surface area contributed by atoms with E-state index in [1.54, 1.807) is 12.4 Å². The number of anilines is 1. The molecule has 0 bridgehead atoms. The highest BCUT2D eigenvalue weighted by Gasteiger charge is 2.34. The third-order valence-electron chi connectivity index (χ3n) is 3.50. The molecule has 0 amide bonds. The molecular weight excluding hydrogens is 279 g/mol. The maximum Gasteiger partial charge on any atom is 0.412 e. The van der Waals surface area contributed by atoms with Crippen LogP contribution in [-0.2, 0) is 6.54 Å². The van der Waals surface area contributed by atoms with E-state index in [1.807, 2.05) is 11.0 Å². The van der Waals surface area contributed by atoms with Gasteiger partial charge in [-0.05, 0) is 18.1 Å². The quantitative estimate of drug-likeness (QED) is 0.865. The number of pyridine rings is 1. The van der Waals surface area contributed by atoms with E-state index in [4.69, 9.17) is 0 Å². The molecule has 0 fully saturated rings. The smallest absolute Gasteiger partial charge is 0.366 e. The molecule has 6 heteroatoms. The molecule has 1 N–H and O–H groups in total. The van der Waals surface area contributed by atoms with E-state index in [0.29, 0.717) is 19.1 Å². The van der Waals surface area contributed by atoms with Crippen LogP contribution in [0.5, 0.6) is 0 Å². The van der Waals surface area contributed by atoms with E-state index in [1.165, 1.54) is 6.08 Å². The molecule has 1 aliphatic heterocycles. The molecule has 0 aliphatic carbocycles. The second-order valence-electron chi connectivity index (χ2n) is 5.46. The van der Waals surface area contributed by atoms with E-state index < -0.39 is 11.7 Å². The van der Waals surface area contributed by atoms with E-state index in [0.717, 1.165) is 11.3 Å². The number of nitrogens with zero attached hydrogens (tertiary/aromatic N) is 2. The molecule has 3 nitrogen and oxygen atoms in total. The minimum atomic E-state index is -4.21. The average Bonchev–Trinajstić information content (AvgIpc) is 2.44. The standard InChI is InChI=1S/C15H20F3N3/c1-11(2)20-9-12-3-6-19-10-14(12)21-7-4-13(5-8-21)15(16,17)18/h3-4,6,10-11,20H,5,7-9H2,1-2H3. The van der Waals surface area contributed by atoms with Gasteiger partial charge in [-0.3, -0.25) is 4.98 Å². The van der Waals surface area contributed by atoms with Crippen LogP contribution >= 0.6 is 0 Å². The van der Waals surface area contributed by atoms with Crippen LogP contribution in [0.1, 0.15) is 25.8 Å². The van der Waals surface area contributed by atoms with Crippen molar-refractivity contribution in [1.29, 1.82) is 0 Å². The van der Waals surface area contributed by atoms with Crippen molar-refractivity contribution in [3.05, 3.63) is 35.7 Å². The van der Waals surface area contributed by atoms with Crippen molar-refractivity contribution >= 4 is 5.69 Å². The van der Waals surface area contributed by atoms with Gasteiger partial charge in [-0.1, -0.05) is 19.9 Å². The maximum atomic E-state index is 12.7. The molecule has 0 saturated carbocycles. The highest BCUT2D eigenvalue weighted by atomic mass is 19.4. The molecule has 1 aliphatic rings. The predicted molar refractivity (Wildman–Crippen MR) is 77.2 cm³/mol. The van der Waals surface area contributed by atoms with Crippen LogP contribution in [0, 0.1) is 0 Å². The second kappa shape index (κ2) is 6.47. The molecule has 0 radical (unpaired) electrons. The lowest BCUT2D eigenvalue weighted by Crippen LogP contribution is -2.33. The Balaban J connectivity index is 2.11. The third kappa shape index (κ3) is 4.20. The highest BCUT2D eigenvalue weighted by Crippen LogP contribution is 2.32. The van der Waals surface area contributed by atoms with Crippen LogP contribution in [0.2, 0.25) is 0 Å². The first-order valence-corrected chi connectivity index (χ1v) is 7.05. The molecule has 0 unspecified atom stereocenters. The Labute approximate surface area is 122 Å². The zero-order valence-corrected chi connectivity index (χ0v) is 12.2. The van der Waals surface area contributed by atoms with E-state index in [-0.39, 0.29) is 13.0 Å². The number of hydrogen-bond acceptors (Lipinski definition) is 3. The number of rotatable bonds is 4. The van der Waals surface area contributed by atoms with Gasteiger partial charge in [0, 0.05) is 37.4 Å². The highest BCUT2D eigenvalue weighted by molar-refractivity contribution is 5.53. The number of halogens is 3. The van der Waals surface area contributed by atoms with E-state index in [2.05, 4.69) is 24.1 Å². The number of hydrogen-bond donors (Lipinski definition) is 1. The topological polar surface area (TPSA) is 28.2 Å². The Bertz CT molecular complexity index is 509. The van der Waals surface area contributed by atoms with E-state index >= 15 is 0 Å². The molecule has 1 aromatic rings. The van der Waals surface area contributed by atoms with Gasteiger partial charge in [0.1, 0.15) is 0 Å². The molecule has 116 valence electrons. The van der Waals surface area contributed by atoms with E-state index in [9.17, 15) is 13.2 Å². The van der Waals surface area contributed by atoms with Gasteiger partial charge >= 0.3 is 6.18 Å². The predicted octanol–water partition coefficient (Wildman–Crippen LogP) is 3.28. The summed E-state index contributed by atoms with van der Waals surface area (Å²) in [6.45, 7) is 5.43. The summed E-state index contributed by atoms with van der Waals surface area (Å²) in [7, 11) is 0. The van der Waals surface area contributed by atoms with Gasteiger partial charge in [-0.2, -0.15) is 13.2 Å². The largest absolute Gasteiger partial charge is 0.412 e. The normalized spacial score (nSPS) is 16.3. The van der Waals surface area contributed by atoms with Gasteiger partial charge in [-0.25, -0.2) is 0 Å². The SMILES string of the molecule is CC(C)NCc1ccncc1N1CC=C(C(F)(F)F)CC1. The lowest BCUT2D eigenvalue weighted by molar-refractivity contribution is -0.0943. The van der Waals surface area contributed by atoms with Crippen LogP contribution in [0.25, 0.3) is 0 Å². The fourth-order valence-corrected chi connectivity index (χ4v) is 2.31. The van der Waals surface area contributed by atoms with Crippen molar-refractivity contribution in [1.82, 2.24) is 10.3 Å². The molecule has 0 aromatic carbocycles. The Morgan fingerprint density at radius 3 is 2.71 bits per heavy atom. The zero-order valence-electron chi connectivity index (χ0n) is 12.2. The van der Waals surface area contributed by atoms with Gasteiger partial charge in [0.25, 0.3) is 0 Å². The number of aromatic nitrogens is 1. The lowest BCUT2D eigenvalue weighted by atomic mass is 10.1. The third-order valence-corrected chi connectivity index (χ3v) is 3.50. The van der Waals surface area contributed by atoms with Gasteiger partial charge in [-0.15, -0.1) is 0 Å². The molecule has 2 heterocycles. The first-order valence-electron chi connectivity index (χ1n) is 7.05. The van der Waals surface area contributed by atoms with Crippen molar-refractivity contribution in [2.45, 2.75) is 39.0 Å². The molecule has 0 saturated heterocycles. The molecular formula is C15H20F3N3. The van der Waals surface area contributed by atoms with Crippen LogP contribution in [-0.4, -0.2) is 30.3 Å². The monoisotopic (exact) mass is 299 g/mol. The first kappa shape index (κ1) is 15.8. The maximum absolute atomic E-state index is 12.7. The van der Waals surface area contributed by atoms with Gasteiger partial charge in [0.2, 0.25) is 0 Å². The molecule has 21 heavy (non-hydrogen) atoms. The van der Waals surface area contributed by atoms with Gasteiger partial charge < -0.3 is 10.2 Å². The number of alkyl halides is 3. The first-order chi connectivity index (χ1) is 9.88. The summed E-state index contributed by atoms with van der Waals surface area (Å²) in [6.07, 6.45) is 0.528. The van der Waals surface area contributed by atoms with Crippen LogP contribution < -0.4 is 10.2 Å². The minimum Gasteiger partial charge on any atom is -0.366 e. The summed E-state index contributed by atoms with van der Waals surface area (Å²) >= 11 is 0. The summed E-state index contributed by atoms with van der Waals surface area (Å²) in [5.41, 5.74) is 1.54. The minimum absolute atomic E-state index is 0.0233. The fourth-order valence-electron chi connectivity index (χ4n) is 2.31. The molecule has 0 spiro atoms. The fraction of sp³-hybridized carbons (Fsp3) is 0.533. The molecule has 1 aromatic heterocycles. The molecule has 0 atom stereocenters. The lowest BCUT2D eigenvalue weighted by Gasteiger charge is -2.30. The van der Waals surface area contributed by atoms with Crippen LogP contribution in [0.3, 0.4) is 0 Å². The van der Waals surface area contributed by atoms with Crippen molar-refractivity contribution in [2.24, 2.45) is 0 Å². The summed E-state index contributed by atoms with van der Waals surface area (Å²) < 4.78 is 38.0. The Morgan fingerprint density at radius 1 is 1.38 bits per heavy atom. The van der Waals surface area contributed by atoms with Gasteiger partial charge in [0.05, 0.1) is 11.9 Å². The summed E-state index contributed by atoms with van der Waals surface area (Å²) in [6, 6.07) is 2.26. The molecule has 2 rings (SSSR count). The second-order valence-corrected chi connectivity index (χ2v) is 5.46. The van der Waals surface area contributed by atoms with Crippen LogP contribution in [0.4, 0.5) is 18.9 Å².